The third-order valence-corrected chi connectivity index (χ3v) is 1.13. The number of ketones is 1. The highest BCUT2D eigenvalue weighted by Gasteiger charge is 2.05. The number of Topliss-reactive ketones (excluding diaryl/α,β-unsaturated/α-hetero) is 1. The lowest BCUT2D eigenvalue weighted by atomic mass is 10.3. The molecule has 0 heterocycles. The SMILES string of the molecule is CC(=O)CC(=O)OCCCOC=O. The van der Waals surface area contributed by atoms with Crippen molar-refractivity contribution in [1.29, 1.82) is 0 Å². The minimum Gasteiger partial charge on any atom is -0.468 e. The normalized spacial score (nSPS) is 9.00. The van der Waals surface area contributed by atoms with Crippen LogP contribution < -0.4 is 0 Å². The van der Waals surface area contributed by atoms with Crippen LogP contribution in [0.3, 0.4) is 0 Å². The fourth-order valence-electron chi connectivity index (χ4n) is 0.631. The van der Waals surface area contributed by atoms with E-state index in [0.717, 1.165) is 0 Å². The van der Waals surface area contributed by atoms with Gasteiger partial charge in [-0.1, -0.05) is 0 Å². The number of carbonyl (C=O) groups excluding carboxylic acids is 3. The molecule has 0 bridgehead atoms. The first kappa shape index (κ1) is 11.6. The molecule has 0 unspecified atom stereocenters. The van der Waals surface area contributed by atoms with Gasteiger partial charge in [0.1, 0.15) is 12.2 Å². The van der Waals surface area contributed by atoms with Crippen LogP contribution in [0, 0.1) is 0 Å². The van der Waals surface area contributed by atoms with Crippen molar-refractivity contribution in [3.63, 3.8) is 0 Å². The average molecular weight is 188 g/mol. The standard InChI is InChI=1S/C8H12O5/c1-7(10)5-8(11)13-4-2-3-12-6-9/h6H,2-5H2,1H3. The van der Waals surface area contributed by atoms with Crippen LogP contribution in [0.5, 0.6) is 0 Å². The number of hydrogen-bond acceptors (Lipinski definition) is 5. The minimum atomic E-state index is -0.543. The van der Waals surface area contributed by atoms with Crippen molar-refractivity contribution in [3.8, 4) is 0 Å². The van der Waals surface area contributed by atoms with E-state index in [0.29, 0.717) is 12.9 Å². The molecule has 0 aliphatic rings. The van der Waals surface area contributed by atoms with Gasteiger partial charge in [-0.25, -0.2) is 0 Å². The zero-order chi connectivity index (χ0) is 10.1. The molecule has 0 aromatic carbocycles. The van der Waals surface area contributed by atoms with Crippen molar-refractivity contribution in [2.45, 2.75) is 19.8 Å². The zero-order valence-corrected chi connectivity index (χ0v) is 7.45. The van der Waals surface area contributed by atoms with Crippen LogP contribution in [0.25, 0.3) is 0 Å². The second kappa shape index (κ2) is 7.27. The number of esters is 1. The third kappa shape index (κ3) is 8.52. The summed E-state index contributed by atoms with van der Waals surface area (Å²) in [6.07, 6.45) is 0.247. The minimum absolute atomic E-state index is 0.167. The maximum atomic E-state index is 10.7. The van der Waals surface area contributed by atoms with E-state index < -0.39 is 5.97 Å². The van der Waals surface area contributed by atoms with Gasteiger partial charge in [-0.15, -0.1) is 0 Å². The lowest BCUT2D eigenvalue weighted by Crippen LogP contribution is -2.10. The Kier molecular flexibility index (Phi) is 6.49. The number of ether oxygens (including phenoxy) is 2. The predicted octanol–water partition coefficient (Wildman–Crippen LogP) is 0.0718. The van der Waals surface area contributed by atoms with Gasteiger partial charge in [-0.2, -0.15) is 0 Å². The summed E-state index contributed by atoms with van der Waals surface area (Å²) < 4.78 is 9.00. The molecule has 0 amide bonds. The van der Waals surface area contributed by atoms with E-state index in [2.05, 4.69) is 9.47 Å². The highest BCUT2D eigenvalue weighted by atomic mass is 16.5. The van der Waals surface area contributed by atoms with Crippen molar-refractivity contribution in [2.75, 3.05) is 13.2 Å². The number of carbonyl (C=O) groups is 3. The van der Waals surface area contributed by atoms with Crippen molar-refractivity contribution in [3.05, 3.63) is 0 Å². The smallest absolute Gasteiger partial charge is 0.313 e. The lowest BCUT2D eigenvalue weighted by molar-refractivity contribution is -0.146. The molecule has 0 aliphatic heterocycles. The summed E-state index contributed by atoms with van der Waals surface area (Å²) in [5.74, 6) is -0.771. The molecule has 0 saturated heterocycles. The molecule has 74 valence electrons. The van der Waals surface area contributed by atoms with Crippen molar-refractivity contribution in [1.82, 2.24) is 0 Å². The van der Waals surface area contributed by atoms with Gasteiger partial charge in [0.25, 0.3) is 6.47 Å². The topological polar surface area (TPSA) is 69.7 Å². The highest BCUT2D eigenvalue weighted by molar-refractivity contribution is 5.94. The molecule has 0 radical (unpaired) electrons. The van der Waals surface area contributed by atoms with Crippen LogP contribution in [0.2, 0.25) is 0 Å². The van der Waals surface area contributed by atoms with Gasteiger partial charge in [0.15, 0.2) is 0 Å². The Morgan fingerprint density at radius 1 is 1.31 bits per heavy atom. The van der Waals surface area contributed by atoms with Gasteiger partial charge < -0.3 is 9.47 Å². The van der Waals surface area contributed by atoms with E-state index >= 15 is 0 Å². The van der Waals surface area contributed by atoms with Crippen LogP contribution in [0.15, 0.2) is 0 Å². The van der Waals surface area contributed by atoms with E-state index in [9.17, 15) is 14.4 Å². The van der Waals surface area contributed by atoms with Gasteiger partial charge in [-0.05, 0) is 6.92 Å². The maximum Gasteiger partial charge on any atom is 0.313 e. The molecular formula is C8H12O5. The van der Waals surface area contributed by atoms with Crippen molar-refractivity contribution >= 4 is 18.2 Å². The Morgan fingerprint density at radius 2 is 2.00 bits per heavy atom. The van der Waals surface area contributed by atoms with Crippen LogP contribution in [-0.4, -0.2) is 31.4 Å². The molecular weight excluding hydrogens is 176 g/mol. The molecule has 0 aromatic rings. The summed E-state index contributed by atoms with van der Waals surface area (Å²) in [6.45, 7) is 2.03. The molecule has 0 aromatic heterocycles. The second-order valence-electron chi connectivity index (χ2n) is 2.42. The van der Waals surface area contributed by atoms with Crippen LogP contribution in [0.1, 0.15) is 19.8 Å². The van der Waals surface area contributed by atoms with Gasteiger partial charge >= 0.3 is 5.97 Å². The number of hydrogen-bond donors (Lipinski definition) is 0. The highest BCUT2D eigenvalue weighted by Crippen LogP contribution is 1.90. The molecule has 0 fully saturated rings. The van der Waals surface area contributed by atoms with E-state index in [-0.39, 0.29) is 25.4 Å². The largest absolute Gasteiger partial charge is 0.468 e. The van der Waals surface area contributed by atoms with E-state index in [4.69, 9.17) is 0 Å². The Balaban J connectivity index is 3.26. The van der Waals surface area contributed by atoms with Crippen LogP contribution >= 0.6 is 0 Å². The number of rotatable bonds is 7. The van der Waals surface area contributed by atoms with Gasteiger partial charge in [-0.3, -0.25) is 14.4 Å². The van der Waals surface area contributed by atoms with Gasteiger partial charge in [0.05, 0.1) is 13.2 Å². The predicted molar refractivity (Wildman–Crippen MR) is 42.9 cm³/mol. The average Bonchev–Trinajstić information content (AvgIpc) is 2.02. The van der Waals surface area contributed by atoms with E-state index in [1.165, 1.54) is 6.92 Å². The molecule has 5 heteroatoms. The fraction of sp³-hybridized carbons (Fsp3) is 0.625. The summed E-state index contributed by atoms with van der Waals surface area (Å²) in [4.78, 5) is 30.8. The molecule has 0 spiro atoms. The zero-order valence-electron chi connectivity index (χ0n) is 7.45. The molecule has 0 saturated carbocycles. The molecule has 0 rings (SSSR count). The van der Waals surface area contributed by atoms with E-state index in [1.807, 2.05) is 0 Å². The monoisotopic (exact) mass is 188 g/mol. The summed E-state index contributed by atoms with van der Waals surface area (Å²) in [6, 6.07) is 0. The summed E-state index contributed by atoms with van der Waals surface area (Å²) in [5.41, 5.74) is 0. The van der Waals surface area contributed by atoms with Crippen molar-refractivity contribution < 1.29 is 23.9 Å². The molecule has 5 nitrogen and oxygen atoms in total. The van der Waals surface area contributed by atoms with Crippen LogP contribution in [-0.2, 0) is 23.9 Å². The first-order valence-corrected chi connectivity index (χ1v) is 3.87. The van der Waals surface area contributed by atoms with Crippen molar-refractivity contribution in [2.24, 2.45) is 0 Å². The molecule has 13 heavy (non-hydrogen) atoms. The fourth-order valence-corrected chi connectivity index (χ4v) is 0.631. The van der Waals surface area contributed by atoms with Gasteiger partial charge in [0, 0.05) is 6.42 Å². The molecule has 0 N–H and O–H groups in total. The molecule has 0 aliphatic carbocycles. The summed E-state index contributed by atoms with van der Waals surface area (Å²) >= 11 is 0. The molecule has 0 atom stereocenters. The quantitative estimate of drug-likeness (QED) is 0.245. The van der Waals surface area contributed by atoms with E-state index in [1.54, 1.807) is 0 Å². The Labute approximate surface area is 76.0 Å². The Bertz CT molecular complexity index is 187. The second-order valence-corrected chi connectivity index (χ2v) is 2.42. The first-order chi connectivity index (χ1) is 6.16. The van der Waals surface area contributed by atoms with Gasteiger partial charge in [0.2, 0.25) is 0 Å². The first-order valence-electron chi connectivity index (χ1n) is 3.87. The Morgan fingerprint density at radius 3 is 2.54 bits per heavy atom. The summed E-state index contributed by atoms with van der Waals surface area (Å²) in [7, 11) is 0. The maximum absolute atomic E-state index is 10.7. The Hall–Kier alpha value is -1.39. The third-order valence-electron chi connectivity index (χ3n) is 1.13. The summed E-state index contributed by atoms with van der Waals surface area (Å²) in [5, 5.41) is 0. The lowest BCUT2D eigenvalue weighted by Gasteiger charge is -2.01. The van der Waals surface area contributed by atoms with Crippen LogP contribution in [0.4, 0.5) is 0 Å².